The lowest BCUT2D eigenvalue weighted by atomic mass is 9.79. The number of benzene rings is 8. The van der Waals surface area contributed by atoms with Crippen LogP contribution in [0.15, 0.2) is 218 Å². The van der Waals surface area contributed by atoms with E-state index in [9.17, 15) is 6.85 Å². The molecule has 0 spiro atoms. The van der Waals surface area contributed by atoms with E-state index in [1.807, 2.05) is 30.3 Å². The topological polar surface area (TPSA) is 35.9 Å². The first kappa shape index (κ1) is 23.3. The Morgan fingerprint density at radius 3 is 2.08 bits per heavy atom. The molecular formula is C58H44N4O. The summed E-state index contributed by atoms with van der Waals surface area (Å²) in [6.07, 6.45) is 2.71. The molecule has 3 heterocycles. The summed E-state index contributed by atoms with van der Waals surface area (Å²) in [6.45, 7) is 3.57. The Hall–Kier alpha value is -8.02. The molecule has 0 fully saturated rings. The molecule has 0 aliphatic rings. The van der Waals surface area contributed by atoms with Crippen LogP contribution in [0, 0.1) is 6.33 Å². The van der Waals surface area contributed by atoms with Gasteiger partial charge < -0.3 is 4.74 Å². The molecule has 0 bridgehead atoms. The molecule has 11 aromatic rings. The number of imidazole rings is 1. The number of pyridine rings is 1. The quantitative estimate of drug-likeness (QED) is 0.102. The van der Waals surface area contributed by atoms with Gasteiger partial charge in [0.1, 0.15) is 17.3 Å². The third-order valence-corrected chi connectivity index (χ3v) is 10.8. The molecule has 63 heavy (non-hydrogen) atoms. The van der Waals surface area contributed by atoms with Crippen LogP contribution in [0.4, 0.5) is 0 Å². The third-order valence-electron chi connectivity index (χ3n) is 10.8. The van der Waals surface area contributed by atoms with Crippen LogP contribution in [0.25, 0.3) is 72.3 Å². The van der Waals surface area contributed by atoms with E-state index in [1.165, 1.54) is 45.7 Å². The summed E-state index contributed by atoms with van der Waals surface area (Å²) in [5.74, 6) is 0.0506. The number of hydrogen-bond donors (Lipinski definition) is 0. The summed E-state index contributed by atoms with van der Waals surface area (Å²) >= 11 is 0. The van der Waals surface area contributed by atoms with Crippen molar-refractivity contribution in [1.29, 1.82) is 0 Å². The molecule has 8 aromatic carbocycles. The Kier molecular flexibility index (Phi) is 5.83. The maximum Gasteiger partial charge on any atom is 0.269 e. The molecule has 0 saturated carbocycles. The molecule has 0 aliphatic heterocycles. The van der Waals surface area contributed by atoms with E-state index >= 15 is 0 Å². The second kappa shape index (κ2) is 15.8. The summed E-state index contributed by atoms with van der Waals surface area (Å²) in [4.78, 5) is 4.62. The van der Waals surface area contributed by atoms with Gasteiger partial charge in [0.05, 0.1) is 55.4 Å². The van der Waals surface area contributed by atoms with Crippen molar-refractivity contribution in [3.05, 3.63) is 236 Å². The van der Waals surface area contributed by atoms with Crippen molar-refractivity contribution in [1.82, 2.24) is 14.1 Å². The van der Waals surface area contributed by atoms with Crippen molar-refractivity contribution in [3.63, 3.8) is 0 Å². The van der Waals surface area contributed by atoms with Crippen LogP contribution in [0.1, 0.15) is 49.6 Å². The number of aromatic nitrogens is 4. The average molecular weight is 831 g/mol. The zero-order valence-corrected chi connectivity index (χ0v) is 33.7. The molecule has 0 aliphatic carbocycles. The number of rotatable bonds is 10. The highest BCUT2D eigenvalue weighted by molar-refractivity contribution is 6.09. The van der Waals surface area contributed by atoms with E-state index in [0.29, 0.717) is 16.7 Å². The monoisotopic (exact) mass is 830 g/mol. The van der Waals surface area contributed by atoms with Gasteiger partial charge in [0.25, 0.3) is 6.33 Å². The van der Waals surface area contributed by atoms with Gasteiger partial charge in [-0.3, -0.25) is 13.7 Å². The summed E-state index contributed by atoms with van der Waals surface area (Å²) in [7, 11) is 0. The molecule has 3 aromatic heterocycles. The minimum Gasteiger partial charge on any atom is -0.458 e. The zero-order chi connectivity index (χ0) is 58.0. The smallest absolute Gasteiger partial charge is 0.269 e. The largest absolute Gasteiger partial charge is 0.458 e. The molecule has 0 atom stereocenters. The van der Waals surface area contributed by atoms with Gasteiger partial charge in [-0.05, 0) is 93.6 Å². The van der Waals surface area contributed by atoms with Crippen LogP contribution in [0.3, 0.4) is 0 Å². The Morgan fingerprint density at radius 2 is 1.30 bits per heavy atom. The molecule has 0 amide bonds. The van der Waals surface area contributed by atoms with Crippen molar-refractivity contribution in [2.45, 2.75) is 25.6 Å². The summed E-state index contributed by atoms with van der Waals surface area (Å²) < 4.78 is 172. The second-order valence-electron chi connectivity index (χ2n) is 15.2. The second-order valence-corrected chi connectivity index (χ2v) is 15.2. The van der Waals surface area contributed by atoms with E-state index in [4.69, 9.17) is 22.6 Å². The Balaban J connectivity index is 1.10. The average Bonchev–Trinajstić information content (AvgIpc) is 3.72. The van der Waals surface area contributed by atoms with Crippen LogP contribution in [-0.4, -0.2) is 14.1 Å². The first-order valence-corrected chi connectivity index (χ1v) is 20.0. The number of para-hydroxylation sites is 4. The molecule has 11 rings (SSSR count). The summed E-state index contributed by atoms with van der Waals surface area (Å²) in [5.41, 5.74) is 0.994. The van der Waals surface area contributed by atoms with Crippen molar-refractivity contribution in [2.24, 2.45) is 0 Å². The van der Waals surface area contributed by atoms with E-state index in [2.05, 4.69) is 11.3 Å². The SMILES string of the molecule is [2H]c1c([2H])c([2H])c(-c2cccc(-c3c([2H])c([2H])c([2H])c([2H])c3[2H])c2-[n+]2[c-]n(-c3cccc(Oc4cc5c(c([2H])c4[2H])c4c([2H])c([2H])c([2H])c([2H])c4n5-c4cc(C([2H])([2H])C(C)(C)c5ccccc5)ccn4)c3)c3ccccc32)c([2H])c1[2H]. The Labute approximate surface area is 392 Å². The number of nitrogens with zero attached hydrogens (tertiary/aromatic N) is 4. The van der Waals surface area contributed by atoms with Gasteiger partial charge in [0.2, 0.25) is 0 Å². The molecule has 5 nitrogen and oxygen atoms in total. The molecule has 0 N–H and O–H groups in total. The normalized spacial score (nSPS) is 16.0. The minimum absolute atomic E-state index is 0.00719. The van der Waals surface area contributed by atoms with Gasteiger partial charge in [-0.15, -0.1) is 0 Å². The number of fused-ring (bicyclic) bond motifs is 4. The molecule has 0 unspecified atom stereocenters. The van der Waals surface area contributed by atoms with E-state index in [1.54, 1.807) is 73.0 Å². The number of hydrogen-bond acceptors (Lipinski definition) is 2. The predicted octanol–water partition coefficient (Wildman–Crippen LogP) is 13.8. The van der Waals surface area contributed by atoms with Crippen molar-refractivity contribution >= 4 is 32.8 Å². The van der Waals surface area contributed by atoms with Crippen molar-refractivity contribution in [3.8, 4) is 50.9 Å². The van der Waals surface area contributed by atoms with Crippen LogP contribution >= 0.6 is 0 Å². The fraction of sp³-hybridized carbons (Fsp3) is 0.0690. The Bertz CT molecular complexity index is 4330. The molecule has 0 radical (unpaired) electrons. The highest BCUT2D eigenvalue weighted by Gasteiger charge is 2.23. The van der Waals surface area contributed by atoms with E-state index < -0.39 is 108 Å². The van der Waals surface area contributed by atoms with Gasteiger partial charge in [-0.1, -0.05) is 171 Å². The number of ether oxygens (including phenoxy) is 1. The predicted molar refractivity (Wildman–Crippen MR) is 256 cm³/mol. The molecule has 0 saturated heterocycles. The van der Waals surface area contributed by atoms with Gasteiger partial charge in [0, 0.05) is 25.8 Å². The maximum atomic E-state index is 9.51. The van der Waals surface area contributed by atoms with Crippen molar-refractivity contribution in [2.75, 3.05) is 0 Å². The molecular weight excluding hydrogens is 769 g/mol. The van der Waals surface area contributed by atoms with Crippen LogP contribution in [-0.2, 0) is 11.8 Å². The summed E-state index contributed by atoms with van der Waals surface area (Å²) in [5, 5.41) is -0.0400. The van der Waals surface area contributed by atoms with Gasteiger partial charge >= 0.3 is 0 Å². The van der Waals surface area contributed by atoms with Gasteiger partial charge in [-0.25, -0.2) is 4.98 Å². The first-order valence-electron chi connectivity index (χ1n) is 29.0. The lowest BCUT2D eigenvalue weighted by Crippen LogP contribution is -2.31. The third kappa shape index (κ3) is 7.04. The van der Waals surface area contributed by atoms with Gasteiger partial charge in [0.15, 0.2) is 0 Å². The van der Waals surface area contributed by atoms with Gasteiger partial charge in [-0.2, -0.15) is 0 Å². The highest BCUT2D eigenvalue weighted by Crippen LogP contribution is 2.38. The standard InChI is InChI=1S/C58H44N4O/c1-58(2,44-22-10-5-11-23-44)39-41-34-35-59-56(36-41)62-52-29-13-12-26-50(52)51-33-32-47(38-55(51)62)63-46-25-16-24-45(37-46)60-40-61(54-31-15-14-30-53(54)60)57-48(42-18-6-3-7-19-42)27-17-28-49(57)43-20-8-4-9-21-43/h3-38H,39H2,1-2H3/i3D,4D,6D,7D,8D,9D,12D,13D,18D,19D,20D,21D,26D,29D,32D,33D,39D2. The lowest BCUT2D eigenvalue weighted by molar-refractivity contribution is -0.571. The maximum absolute atomic E-state index is 9.51. The lowest BCUT2D eigenvalue weighted by Gasteiger charge is -2.25. The van der Waals surface area contributed by atoms with Crippen LogP contribution < -0.4 is 9.30 Å². The zero-order valence-electron chi connectivity index (χ0n) is 51.7. The molecule has 5 heteroatoms. The van der Waals surface area contributed by atoms with E-state index in [-0.39, 0.29) is 72.6 Å². The van der Waals surface area contributed by atoms with Crippen molar-refractivity contribution < 1.29 is 34.0 Å². The minimum atomic E-state index is -2.03. The first-order chi connectivity index (χ1) is 38.4. The fourth-order valence-corrected chi connectivity index (χ4v) is 7.95. The van der Waals surface area contributed by atoms with Crippen LogP contribution in [0.5, 0.6) is 11.5 Å². The molecule has 302 valence electrons. The fourth-order valence-electron chi connectivity index (χ4n) is 7.95. The highest BCUT2D eigenvalue weighted by atomic mass is 16.5. The summed E-state index contributed by atoms with van der Waals surface area (Å²) in [6, 6.07) is 23.0. The van der Waals surface area contributed by atoms with E-state index in [0.717, 1.165) is 5.56 Å². The Morgan fingerprint density at radius 1 is 0.619 bits per heavy atom. The van der Waals surface area contributed by atoms with Crippen LogP contribution in [0.2, 0.25) is 0 Å².